The standard InChI is InChI=1S/C23H19BrN2O4/c1-13-18(10-25-11-20(13)24)21(22(27)28)26-23(29)30-12-19-16-8-4-2-6-14(16)15-7-3-5-9-17(15)19/h2-11,19,21H,12H2,1H3,(H,26,29)(H,27,28). The van der Waals surface area contributed by atoms with E-state index in [1.54, 1.807) is 13.1 Å². The summed E-state index contributed by atoms with van der Waals surface area (Å²) in [5.41, 5.74) is 5.52. The maximum absolute atomic E-state index is 12.5. The lowest BCUT2D eigenvalue weighted by Gasteiger charge is -2.19. The number of ether oxygens (including phenoxy) is 1. The molecule has 30 heavy (non-hydrogen) atoms. The van der Waals surface area contributed by atoms with E-state index in [2.05, 4.69) is 38.4 Å². The number of nitrogens with one attached hydrogen (secondary N) is 1. The maximum Gasteiger partial charge on any atom is 0.408 e. The highest BCUT2D eigenvalue weighted by molar-refractivity contribution is 9.10. The normalized spacial score (nSPS) is 13.3. The molecule has 0 fully saturated rings. The first-order chi connectivity index (χ1) is 14.5. The van der Waals surface area contributed by atoms with Crippen molar-refractivity contribution in [3.63, 3.8) is 0 Å². The van der Waals surface area contributed by atoms with Crippen LogP contribution in [-0.2, 0) is 9.53 Å². The van der Waals surface area contributed by atoms with Crippen molar-refractivity contribution >= 4 is 28.0 Å². The molecule has 1 amide bonds. The number of carboxylic acid groups (broad SMARTS) is 1. The number of amides is 1. The third kappa shape index (κ3) is 3.68. The molecule has 1 aliphatic carbocycles. The number of rotatable bonds is 5. The average Bonchev–Trinajstić information content (AvgIpc) is 3.06. The molecule has 2 aromatic carbocycles. The second kappa shape index (κ2) is 8.28. The first-order valence-electron chi connectivity index (χ1n) is 9.41. The minimum atomic E-state index is -1.26. The Hall–Kier alpha value is -3.19. The molecule has 0 saturated carbocycles. The number of carboxylic acids is 1. The number of alkyl carbamates (subject to hydrolysis) is 1. The molecule has 1 aliphatic rings. The molecule has 0 radical (unpaired) electrons. The first-order valence-corrected chi connectivity index (χ1v) is 10.2. The predicted molar refractivity (Wildman–Crippen MR) is 115 cm³/mol. The number of hydrogen-bond donors (Lipinski definition) is 2. The average molecular weight is 467 g/mol. The van der Waals surface area contributed by atoms with Crippen LogP contribution in [-0.4, -0.2) is 28.8 Å². The summed E-state index contributed by atoms with van der Waals surface area (Å²) in [5.74, 6) is -1.28. The van der Waals surface area contributed by atoms with E-state index >= 15 is 0 Å². The Labute approximate surface area is 182 Å². The summed E-state index contributed by atoms with van der Waals surface area (Å²) >= 11 is 3.34. The zero-order chi connectivity index (χ0) is 21.3. The lowest BCUT2D eigenvalue weighted by atomic mass is 9.98. The van der Waals surface area contributed by atoms with Gasteiger partial charge in [0.25, 0.3) is 0 Å². The fourth-order valence-electron chi connectivity index (χ4n) is 3.84. The Balaban J connectivity index is 1.51. The number of fused-ring (bicyclic) bond motifs is 3. The number of hydrogen-bond acceptors (Lipinski definition) is 4. The summed E-state index contributed by atoms with van der Waals surface area (Å²) in [4.78, 5) is 28.3. The van der Waals surface area contributed by atoms with Gasteiger partial charge in [0, 0.05) is 28.3 Å². The minimum absolute atomic E-state index is 0.0966. The van der Waals surface area contributed by atoms with E-state index in [1.165, 1.54) is 6.20 Å². The Kier molecular flexibility index (Phi) is 5.55. The number of carbonyl (C=O) groups is 2. The zero-order valence-corrected chi connectivity index (χ0v) is 17.7. The summed E-state index contributed by atoms with van der Waals surface area (Å²) in [6.07, 6.45) is 2.22. The highest BCUT2D eigenvalue weighted by atomic mass is 79.9. The Morgan fingerprint density at radius 1 is 1.10 bits per heavy atom. The lowest BCUT2D eigenvalue weighted by molar-refractivity contribution is -0.139. The fourth-order valence-corrected chi connectivity index (χ4v) is 4.18. The zero-order valence-electron chi connectivity index (χ0n) is 16.1. The number of benzene rings is 2. The van der Waals surface area contributed by atoms with Gasteiger partial charge in [-0.3, -0.25) is 4.98 Å². The van der Waals surface area contributed by atoms with Gasteiger partial charge in [-0.05, 0) is 50.7 Å². The Morgan fingerprint density at radius 3 is 2.30 bits per heavy atom. The summed E-state index contributed by atoms with van der Waals surface area (Å²) in [5, 5.41) is 12.1. The van der Waals surface area contributed by atoms with Gasteiger partial charge in [-0.15, -0.1) is 0 Å². The molecule has 2 N–H and O–H groups in total. The minimum Gasteiger partial charge on any atom is -0.479 e. The van der Waals surface area contributed by atoms with Gasteiger partial charge in [-0.1, -0.05) is 48.5 Å². The van der Waals surface area contributed by atoms with E-state index in [0.29, 0.717) is 15.6 Å². The molecule has 6 nitrogen and oxygen atoms in total. The van der Waals surface area contributed by atoms with Gasteiger partial charge in [0.05, 0.1) is 0 Å². The summed E-state index contributed by atoms with van der Waals surface area (Å²) < 4.78 is 6.13. The molecule has 0 saturated heterocycles. The molecule has 3 aromatic rings. The van der Waals surface area contributed by atoms with Crippen LogP contribution in [0.15, 0.2) is 65.4 Å². The van der Waals surface area contributed by atoms with Crippen LogP contribution in [0, 0.1) is 6.92 Å². The number of halogens is 1. The second-order valence-corrected chi connectivity index (χ2v) is 7.93. The Bertz CT molecular complexity index is 1090. The van der Waals surface area contributed by atoms with Crippen LogP contribution >= 0.6 is 15.9 Å². The van der Waals surface area contributed by atoms with Gasteiger partial charge in [-0.2, -0.15) is 0 Å². The second-order valence-electron chi connectivity index (χ2n) is 7.08. The fraction of sp³-hybridized carbons (Fsp3) is 0.174. The lowest BCUT2D eigenvalue weighted by Crippen LogP contribution is -2.35. The van der Waals surface area contributed by atoms with Crippen LogP contribution in [0.5, 0.6) is 0 Å². The molecule has 4 rings (SSSR count). The van der Waals surface area contributed by atoms with Crippen LogP contribution in [0.2, 0.25) is 0 Å². The van der Waals surface area contributed by atoms with Crippen molar-refractivity contribution in [3.8, 4) is 11.1 Å². The van der Waals surface area contributed by atoms with Gasteiger partial charge >= 0.3 is 12.1 Å². The smallest absolute Gasteiger partial charge is 0.408 e. The largest absolute Gasteiger partial charge is 0.479 e. The maximum atomic E-state index is 12.5. The topological polar surface area (TPSA) is 88.5 Å². The van der Waals surface area contributed by atoms with Crippen molar-refractivity contribution in [3.05, 3.63) is 87.7 Å². The molecular weight excluding hydrogens is 448 g/mol. The monoisotopic (exact) mass is 466 g/mol. The van der Waals surface area contributed by atoms with E-state index in [0.717, 1.165) is 22.3 Å². The molecule has 1 atom stereocenters. The molecule has 0 aliphatic heterocycles. The number of aliphatic carboxylic acids is 1. The van der Waals surface area contributed by atoms with Gasteiger partial charge in [0.15, 0.2) is 6.04 Å². The molecule has 1 aromatic heterocycles. The number of aromatic nitrogens is 1. The highest BCUT2D eigenvalue weighted by Crippen LogP contribution is 2.44. The third-order valence-electron chi connectivity index (χ3n) is 5.36. The van der Waals surface area contributed by atoms with Gasteiger partial charge in [0.2, 0.25) is 0 Å². The van der Waals surface area contributed by atoms with Gasteiger partial charge < -0.3 is 15.2 Å². The van der Waals surface area contributed by atoms with Crippen molar-refractivity contribution in [2.45, 2.75) is 18.9 Å². The van der Waals surface area contributed by atoms with E-state index in [1.807, 2.05) is 36.4 Å². The predicted octanol–water partition coefficient (Wildman–Crippen LogP) is 4.82. The van der Waals surface area contributed by atoms with E-state index in [-0.39, 0.29) is 12.5 Å². The van der Waals surface area contributed by atoms with Crippen molar-refractivity contribution in [2.24, 2.45) is 0 Å². The molecule has 7 heteroatoms. The van der Waals surface area contributed by atoms with Gasteiger partial charge in [-0.25, -0.2) is 9.59 Å². The molecule has 1 heterocycles. The van der Waals surface area contributed by atoms with E-state index < -0.39 is 18.1 Å². The molecule has 0 bridgehead atoms. The SMILES string of the molecule is Cc1c(Br)cncc1C(NC(=O)OCC1c2ccccc2-c2ccccc21)C(=O)O. The van der Waals surface area contributed by atoms with Crippen LogP contribution in [0.1, 0.15) is 34.2 Å². The first kappa shape index (κ1) is 20.1. The van der Waals surface area contributed by atoms with Crippen molar-refractivity contribution < 1.29 is 19.4 Å². The van der Waals surface area contributed by atoms with Crippen LogP contribution in [0.3, 0.4) is 0 Å². The molecule has 152 valence electrons. The van der Waals surface area contributed by atoms with Crippen molar-refractivity contribution in [2.75, 3.05) is 6.61 Å². The molecular formula is C23H19BrN2O4. The Morgan fingerprint density at radius 2 is 1.70 bits per heavy atom. The summed E-state index contributed by atoms with van der Waals surface area (Å²) in [6, 6.07) is 14.8. The highest BCUT2D eigenvalue weighted by Gasteiger charge is 2.30. The molecule has 0 spiro atoms. The molecule has 1 unspecified atom stereocenters. The van der Waals surface area contributed by atoms with Gasteiger partial charge in [0.1, 0.15) is 6.61 Å². The number of pyridine rings is 1. The van der Waals surface area contributed by atoms with E-state index in [9.17, 15) is 14.7 Å². The van der Waals surface area contributed by atoms with E-state index in [4.69, 9.17) is 4.74 Å². The summed E-state index contributed by atoms with van der Waals surface area (Å²) in [6.45, 7) is 1.87. The summed E-state index contributed by atoms with van der Waals surface area (Å²) in [7, 11) is 0. The third-order valence-corrected chi connectivity index (χ3v) is 6.16. The van der Waals surface area contributed by atoms with Crippen LogP contribution in [0.25, 0.3) is 11.1 Å². The number of nitrogens with zero attached hydrogens (tertiary/aromatic N) is 1. The van der Waals surface area contributed by atoms with Crippen molar-refractivity contribution in [1.82, 2.24) is 10.3 Å². The quantitative estimate of drug-likeness (QED) is 0.562. The van der Waals surface area contributed by atoms with Crippen LogP contribution in [0.4, 0.5) is 4.79 Å². The van der Waals surface area contributed by atoms with Crippen LogP contribution < -0.4 is 5.32 Å². The number of carbonyl (C=O) groups excluding carboxylic acids is 1. The van der Waals surface area contributed by atoms with Crippen molar-refractivity contribution in [1.29, 1.82) is 0 Å².